The van der Waals surface area contributed by atoms with Crippen molar-refractivity contribution in [3.63, 3.8) is 0 Å². The molecule has 1 aliphatic rings. The normalized spacial score (nSPS) is 12.8. The van der Waals surface area contributed by atoms with Gasteiger partial charge in [0.05, 0.1) is 12.7 Å². The molecule has 0 fully saturated rings. The van der Waals surface area contributed by atoms with Crippen molar-refractivity contribution in [1.82, 2.24) is 9.78 Å². The summed E-state index contributed by atoms with van der Waals surface area (Å²) < 4.78 is 1.85. The van der Waals surface area contributed by atoms with Crippen LogP contribution in [0.1, 0.15) is 58.9 Å². The molecule has 0 saturated carbocycles. The molecule has 0 spiro atoms. The lowest BCUT2D eigenvalue weighted by atomic mass is 10.0. The number of anilines is 1. The van der Waals surface area contributed by atoms with Crippen LogP contribution in [0, 0.1) is 0 Å². The second-order valence-electron chi connectivity index (χ2n) is 8.18. The van der Waals surface area contributed by atoms with Crippen LogP contribution in [0.5, 0.6) is 0 Å². The fourth-order valence-corrected chi connectivity index (χ4v) is 4.63. The van der Waals surface area contributed by atoms with E-state index in [1.54, 1.807) is 23.1 Å². The van der Waals surface area contributed by atoms with Gasteiger partial charge < -0.3 is 4.90 Å². The molecule has 2 aromatic carbocycles. The highest BCUT2D eigenvalue weighted by atomic mass is 35.5. The van der Waals surface area contributed by atoms with Gasteiger partial charge in [0.1, 0.15) is 5.78 Å². The van der Waals surface area contributed by atoms with Crippen LogP contribution in [0.4, 0.5) is 5.69 Å². The van der Waals surface area contributed by atoms with Crippen molar-refractivity contribution in [1.29, 1.82) is 0 Å². The van der Waals surface area contributed by atoms with Gasteiger partial charge in [0, 0.05) is 58.9 Å². The summed E-state index contributed by atoms with van der Waals surface area (Å²) in [6.07, 6.45) is 4.94. The van der Waals surface area contributed by atoms with Gasteiger partial charge in [-0.1, -0.05) is 36.2 Å². The summed E-state index contributed by atoms with van der Waals surface area (Å²) >= 11 is 12.8. The molecule has 0 saturated heterocycles. The average molecular weight is 470 g/mol. The smallest absolute Gasteiger partial charge is 0.258 e. The maximum Gasteiger partial charge on any atom is 0.258 e. The second kappa shape index (κ2) is 9.47. The summed E-state index contributed by atoms with van der Waals surface area (Å²) in [4.78, 5) is 27.2. The van der Waals surface area contributed by atoms with Gasteiger partial charge in [-0.05, 0) is 54.3 Å². The van der Waals surface area contributed by atoms with Crippen molar-refractivity contribution in [2.45, 2.75) is 45.6 Å². The molecular formula is C25H25Cl2N3O2. The molecule has 5 nitrogen and oxygen atoms in total. The van der Waals surface area contributed by atoms with Gasteiger partial charge in [-0.25, -0.2) is 0 Å². The summed E-state index contributed by atoms with van der Waals surface area (Å²) in [5.74, 6) is 0.0941. The summed E-state index contributed by atoms with van der Waals surface area (Å²) in [6.45, 7) is 2.41. The van der Waals surface area contributed by atoms with Crippen LogP contribution in [0.2, 0.25) is 10.0 Å². The minimum Gasteiger partial charge on any atom is -0.304 e. The van der Waals surface area contributed by atoms with Crippen molar-refractivity contribution >= 4 is 40.6 Å². The Morgan fingerprint density at radius 1 is 1.06 bits per heavy atom. The van der Waals surface area contributed by atoms with E-state index in [1.165, 1.54) is 0 Å². The number of carbonyl (C=O) groups excluding carboxylic acids is 2. The molecular weight excluding hydrogens is 445 g/mol. The summed E-state index contributed by atoms with van der Waals surface area (Å²) in [5, 5.41) is 5.51. The van der Waals surface area contributed by atoms with Crippen molar-refractivity contribution in [2.24, 2.45) is 7.05 Å². The Hall–Kier alpha value is -2.63. The number of ketones is 1. The summed E-state index contributed by atoms with van der Waals surface area (Å²) in [7, 11) is 1.91. The third kappa shape index (κ3) is 4.59. The lowest BCUT2D eigenvalue weighted by molar-refractivity contribution is -0.119. The Kier molecular flexibility index (Phi) is 6.68. The third-order valence-corrected chi connectivity index (χ3v) is 6.50. The Bertz CT molecular complexity index is 1190. The Morgan fingerprint density at radius 2 is 1.88 bits per heavy atom. The van der Waals surface area contributed by atoms with Gasteiger partial charge in [0.25, 0.3) is 5.91 Å². The molecule has 1 aliphatic heterocycles. The van der Waals surface area contributed by atoms with Crippen LogP contribution in [-0.2, 0) is 31.2 Å². The predicted molar refractivity (Wildman–Crippen MR) is 128 cm³/mol. The van der Waals surface area contributed by atoms with Crippen LogP contribution in [0.15, 0.2) is 42.6 Å². The number of nitrogens with zero attached hydrogens (tertiary/aromatic N) is 3. The van der Waals surface area contributed by atoms with Gasteiger partial charge in [-0.2, -0.15) is 5.10 Å². The van der Waals surface area contributed by atoms with Crippen LogP contribution in [-0.4, -0.2) is 21.5 Å². The monoisotopic (exact) mass is 469 g/mol. The molecule has 0 atom stereocenters. The predicted octanol–water partition coefficient (Wildman–Crippen LogP) is 5.78. The maximum absolute atomic E-state index is 13.6. The van der Waals surface area contributed by atoms with Crippen molar-refractivity contribution < 1.29 is 9.59 Å². The van der Waals surface area contributed by atoms with E-state index < -0.39 is 0 Å². The van der Waals surface area contributed by atoms with Crippen molar-refractivity contribution in [2.75, 3.05) is 4.90 Å². The molecule has 3 aromatic rings. The van der Waals surface area contributed by atoms with Gasteiger partial charge in [-0.15, -0.1) is 0 Å². The van der Waals surface area contributed by atoms with Crippen molar-refractivity contribution in [3.8, 4) is 0 Å². The van der Waals surface area contributed by atoms with Gasteiger partial charge in [0.15, 0.2) is 0 Å². The SMILES string of the molecule is CCCC(=O)CCc1ccc(C(=O)N2Cc3cnn(C)c3Cc3cc(Cl)ccc32)cc1Cl. The molecule has 0 radical (unpaired) electrons. The number of rotatable bonds is 6. The van der Waals surface area contributed by atoms with Gasteiger partial charge in [0.2, 0.25) is 0 Å². The van der Waals surface area contributed by atoms with E-state index in [4.69, 9.17) is 23.2 Å². The number of aryl methyl sites for hydroxylation is 2. The van der Waals surface area contributed by atoms with Crippen molar-refractivity contribution in [3.05, 3.63) is 80.6 Å². The lowest BCUT2D eigenvalue weighted by Crippen LogP contribution is -2.30. The Labute approximate surface area is 197 Å². The topological polar surface area (TPSA) is 55.2 Å². The van der Waals surface area contributed by atoms with E-state index in [2.05, 4.69) is 5.10 Å². The van der Waals surface area contributed by atoms with E-state index >= 15 is 0 Å². The first-order valence-corrected chi connectivity index (χ1v) is 11.5. The molecule has 32 heavy (non-hydrogen) atoms. The molecule has 4 rings (SSSR count). The number of amides is 1. The molecule has 0 unspecified atom stereocenters. The standard InChI is InChI=1S/C25H25Cl2N3O2/c1-3-4-21(31)9-7-16-5-6-17(12-22(16)27)25(32)30-15-19-14-28-29(2)24(19)13-18-11-20(26)8-10-23(18)30/h5-6,8,10-12,14H,3-4,7,9,13,15H2,1-2H3. The number of Topliss-reactive ketones (excluding diaryl/α,β-unsaturated/α-hetero) is 1. The zero-order chi connectivity index (χ0) is 22.8. The molecule has 1 aromatic heterocycles. The van der Waals surface area contributed by atoms with E-state index in [0.717, 1.165) is 34.5 Å². The van der Waals surface area contributed by atoms with Crippen LogP contribution in [0.3, 0.4) is 0 Å². The quantitative estimate of drug-likeness (QED) is 0.459. The van der Waals surface area contributed by atoms with E-state index in [9.17, 15) is 9.59 Å². The minimum atomic E-state index is -0.138. The first-order chi connectivity index (χ1) is 15.4. The number of halogens is 2. The highest BCUT2D eigenvalue weighted by Gasteiger charge is 2.27. The lowest BCUT2D eigenvalue weighted by Gasteiger charge is -2.23. The highest BCUT2D eigenvalue weighted by molar-refractivity contribution is 6.32. The fourth-order valence-electron chi connectivity index (χ4n) is 4.16. The number of hydrogen-bond acceptors (Lipinski definition) is 3. The fraction of sp³-hybridized carbons (Fsp3) is 0.320. The number of carbonyl (C=O) groups is 2. The molecule has 0 aliphatic carbocycles. The average Bonchev–Trinajstić information content (AvgIpc) is 3.01. The van der Waals surface area contributed by atoms with E-state index in [0.29, 0.717) is 47.8 Å². The Morgan fingerprint density at radius 3 is 2.62 bits per heavy atom. The zero-order valence-electron chi connectivity index (χ0n) is 18.2. The Balaban J connectivity index is 1.64. The molecule has 7 heteroatoms. The number of benzene rings is 2. The number of aromatic nitrogens is 2. The van der Waals surface area contributed by atoms with Gasteiger partial charge >= 0.3 is 0 Å². The molecule has 0 bridgehead atoms. The van der Waals surface area contributed by atoms with Crippen LogP contribution < -0.4 is 4.90 Å². The molecule has 166 valence electrons. The minimum absolute atomic E-state index is 0.138. The van der Waals surface area contributed by atoms with Crippen LogP contribution in [0.25, 0.3) is 0 Å². The first kappa shape index (κ1) is 22.6. The number of fused-ring (bicyclic) bond motifs is 2. The first-order valence-electron chi connectivity index (χ1n) is 10.8. The maximum atomic E-state index is 13.6. The summed E-state index contributed by atoms with van der Waals surface area (Å²) in [5.41, 5.74) is 5.27. The molecule has 1 amide bonds. The van der Waals surface area contributed by atoms with E-state index in [1.807, 2.05) is 43.0 Å². The van der Waals surface area contributed by atoms with Gasteiger partial charge in [-0.3, -0.25) is 14.3 Å². The second-order valence-corrected chi connectivity index (χ2v) is 9.02. The molecule has 0 N–H and O–H groups in total. The third-order valence-electron chi connectivity index (χ3n) is 5.91. The largest absolute Gasteiger partial charge is 0.304 e. The molecule has 2 heterocycles. The highest BCUT2D eigenvalue weighted by Crippen LogP contribution is 2.34. The zero-order valence-corrected chi connectivity index (χ0v) is 19.7. The number of hydrogen-bond donors (Lipinski definition) is 0. The summed E-state index contributed by atoms with van der Waals surface area (Å²) in [6, 6.07) is 10.9. The van der Waals surface area contributed by atoms with E-state index in [-0.39, 0.29) is 11.7 Å². The van der Waals surface area contributed by atoms with Crippen LogP contribution >= 0.6 is 23.2 Å².